The van der Waals surface area contributed by atoms with Crippen LogP contribution in [0.4, 0.5) is 5.69 Å². The number of benzene rings is 1. The number of nitrogens with one attached hydrogen (secondary N) is 1. The lowest BCUT2D eigenvalue weighted by molar-refractivity contribution is -0.144. The summed E-state index contributed by atoms with van der Waals surface area (Å²) < 4.78 is 0. The van der Waals surface area contributed by atoms with Crippen LogP contribution in [0.3, 0.4) is 0 Å². The molecule has 0 saturated heterocycles. The number of nitrogens with zero attached hydrogens (tertiary/aromatic N) is 1. The zero-order valence-electron chi connectivity index (χ0n) is 13.0. The highest BCUT2D eigenvalue weighted by molar-refractivity contribution is 5.78. The van der Waals surface area contributed by atoms with Crippen molar-refractivity contribution in [3.63, 3.8) is 0 Å². The summed E-state index contributed by atoms with van der Waals surface area (Å²) in [7, 11) is 0. The molecule has 0 radical (unpaired) electrons. The fourth-order valence-corrected chi connectivity index (χ4v) is 2.65. The maximum Gasteiger partial charge on any atom is 0.323 e. The SMILES string of the molecule is CCN(CCCC(C)(NC1CC1)C(=O)O)c1ccccc1. The lowest BCUT2D eigenvalue weighted by atomic mass is 9.95. The largest absolute Gasteiger partial charge is 0.480 e. The maximum absolute atomic E-state index is 11.5. The van der Waals surface area contributed by atoms with Gasteiger partial charge in [0, 0.05) is 24.8 Å². The molecule has 1 aliphatic rings. The quantitative estimate of drug-likeness (QED) is 0.734. The average molecular weight is 290 g/mol. The zero-order valence-corrected chi connectivity index (χ0v) is 13.0. The van der Waals surface area contributed by atoms with Crippen LogP contribution in [0.15, 0.2) is 30.3 Å². The molecular weight excluding hydrogens is 264 g/mol. The lowest BCUT2D eigenvalue weighted by Crippen LogP contribution is -2.50. The highest BCUT2D eigenvalue weighted by Crippen LogP contribution is 2.25. The van der Waals surface area contributed by atoms with Crippen molar-refractivity contribution in [1.82, 2.24) is 5.32 Å². The monoisotopic (exact) mass is 290 g/mol. The number of aliphatic carboxylic acids is 1. The predicted molar refractivity (Wildman–Crippen MR) is 85.8 cm³/mol. The Morgan fingerprint density at radius 2 is 2.05 bits per heavy atom. The average Bonchev–Trinajstić information content (AvgIpc) is 3.28. The third-order valence-electron chi connectivity index (χ3n) is 4.18. The molecule has 0 heterocycles. The fraction of sp³-hybridized carbons (Fsp3) is 0.588. The molecule has 1 unspecified atom stereocenters. The number of para-hydroxylation sites is 1. The molecule has 0 amide bonds. The van der Waals surface area contributed by atoms with Gasteiger partial charge in [0.1, 0.15) is 5.54 Å². The van der Waals surface area contributed by atoms with Crippen molar-refractivity contribution in [2.75, 3.05) is 18.0 Å². The molecule has 4 heteroatoms. The van der Waals surface area contributed by atoms with Crippen molar-refractivity contribution in [3.8, 4) is 0 Å². The molecule has 1 aromatic carbocycles. The second-order valence-corrected chi connectivity index (χ2v) is 6.07. The summed E-state index contributed by atoms with van der Waals surface area (Å²) >= 11 is 0. The summed E-state index contributed by atoms with van der Waals surface area (Å²) in [5.41, 5.74) is 0.407. The van der Waals surface area contributed by atoms with Gasteiger partial charge in [0.25, 0.3) is 0 Å². The second-order valence-electron chi connectivity index (χ2n) is 6.07. The van der Waals surface area contributed by atoms with Crippen molar-refractivity contribution in [1.29, 1.82) is 0 Å². The van der Waals surface area contributed by atoms with E-state index in [4.69, 9.17) is 0 Å². The Hall–Kier alpha value is -1.55. The molecule has 116 valence electrons. The molecule has 0 aliphatic heterocycles. The number of carboxylic acid groups (broad SMARTS) is 1. The highest BCUT2D eigenvalue weighted by Gasteiger charge is 2.37. The van der Waals surface area contributed by atoms with Gasteiger partial charge in [-0.15, -0.1) is 0 Å². The lowest BCUT2D eigenvalue weighted by Gasteiger charge is -2.29. The molecule has 1 aliphatic carbocycles. The van der Waals surface area contributed by atoms with Crippen LogP contribution in [-0.2, 0) is 4.79 Å². The van der Waals surface area contributed by atoms with Crippen molar-refractivity contribution < 1.29 is 9.90 Å². The molecule has 1 atom stereocenters. The standard InChI is InChI=1S/C17H26N2O2/c1-3-19(15-8-5-4-6-9-15)13-7-12-17(2,16(20)21)18-14-10-11-14/h4-6,8-9,14,18H,3,7,10-13H2,1-2H3,(H,20,21). The van der Waals surface area contributed by atoms with E-state index in [1.54, 1.807) is 0 Å². The summed E-state index contributed by atoms with van der Waals surface area (Å²) in [5, 5.41) is 12.8. The number of hydrogen-bond acceptors (Lipinski definition) is 3. The van der Waals surface area contributed by atoms with Crippen LogP contribution in [0.25, 0.3) is 0 Å². The molecule has 0 bridgehead atoms. The Kier molecular flexibility index (Phi) is 5.23. The summed E-state index contributed by atoms with van der Waals surface area (Å²) in [6, 6.07) is 10.7. The number of carbonyl (C=O) groups is 1. The first kappa shape index (κ1) is 15.8. The summed E-state index contributed by atoms with van der Waals surface area (Å²) in [6.45, 7) is 5.76. The van der Waals surface area contributed by atoms with Gasteiger partial charge in [-0.05, 0) is 51.7 Å². The predicted octanol–water partition coefficient (Wildman–Crippen LogP) is 2.89. The van der Waals surface area contributed by atoms with Gasteiger partial charge in [-0.3, -0.25) is 10.1 Å². The maximum atomic E-state index is 11.5. The number of rotatable bonds is 9. The van der Waals surface area contributed by atoms with E-state index >= 15 is 0 Å². The van der Waals surface area contributed by atoms with Gasteiger partial charge < -0.3 is 10.0 Å². The Morgan fingerprint density at radius 1 is 1.38 bits per heavy atom. The van der Waals surface area contributed by atoms with E-state index in [-0.39, 0.29) is 0 Å². The first-order valence-electron chi connectivity index (χ1n) is 7.86. The smallest absolute Gasteiger partial charge is 0.323 e. The number of hydrogen-bond donors (Lipinski definition) is 2. The molecule has 1 saturated carbocycles. The van der Waals surface area contributed by atoms with E-state index in [0.717, 1.165) is 32.4 Å². The first-order valence-corrected chi connectivity index (χ1v) is 7.86. The van der Waals surface area contributed by atoms with Gasteiger partial charge in [-0.1, -0.05) is 18.2 Å². The first-order chi connectivity index (χ1) is 10.0. The molecule has 2 rings (SSSR count). The molecule has 1 fully saturated rings. The van der Waals surface area contributed by atoms with Crippen molar-refractivity contribution in [3.05, 3.63) is 30.3 Å². The van der Waals surface area contributed by atoms with E-state index in [9.17, 15) is 9.90 Å². The van der Waals surface area contributed by atoms with Crippen molar-refractivity contribution >= 4 is 11.7 Å². The molecule has 2 N–H and O–H groups in total. The summed E-state index contributed by atoms with van der Waals surface area (Å²) in [5.74, 6) is -0.739. The van der Waals surface area contributed by atoms with E-state index in [1.165, 1.54) is 5.69 Å². The highest BCUT2D eigenvalue weighted by atomic mass is 16.4. The minimum Gasteiger partial charge on any atom is -0.480 e. The Morgan fingerprint density at radius 3 is 2.57 bits per heavy atom. The van der Waals surface area contributed by atoms with Gasteiger partial charge in [0.05, 0.1) is 0 Å². The van der Waals surface area contributed by atoms with Crippen LogP contribution < -0.4 is 10.2 Å². The van der Waals surface area contributed by atoms with Gasteiger partial charge in [0.15, 0.2) is 0 Å². The third kappa shape index (κ3) is 4.46. The minimum absolute atomic E-state index is 0.405. The Bertz CT molecular complexity index is 459. The molecule has 0 spiro atoms. The third-order valence-corrected chi connectivity index (χ3v) is 4.18. The van der Waals surface area contributed by atoms with Crippen LogP contribution >= 0.6 is 0 Å². The van der Waals surface area contributed by atoms with E-state index in [1.807, 2.05) is 25.1 Å². The zero-order chi connectivity index (χ0) is 15.3. The van der Waals surface area contributed by atoms with Crippen LogP contribution in [0, 0.1) is 0 Å². The topological polar surface area (TPSA) is 52.6 Å². The molecular formula is C17H26N2O2. The fourth-order valence-electron chi connectivity index (χ4n) is 2.65. The number of anilines is 1. The van der Waals surface area contributed by atoms with Crippen molar-refractivity contribution in [2.45, 2.75) is 51.1 Å². The van der Waals surface area contributed by atoms with Gasteiger partial charge in [-0.25, -0.2) is 0 Å². The minimum atomic E-state index is -0.794. The van der Waals surface area contributed by atoms with Crippen LogP contribution in [0.5, 0.6) is 0 Å². The van der Waals surface area contributed by atoms with Gasteiger partial charge in [0.2, 0.25) is 0 Å². The van der Waals surface area contributed by atoms with Gasteiger partial charge >= 0.3 is 5.97 Å². The van der Waals surface area contributed by atoms with E-state index in [2.05, 4.69) is 29.3 Å². The van der Waals surface area contributed by atoms with E-state index in [0.29, 0.717) is 12.5 Å². The molecule has 4 nitrogen and oxygen atoms in total. The van der Waals surface area contributed by atoms with Crippen molar-refractivity contribution in [2.24, 2.45) is 0 Å². The molecule has 21 heavy (non-hydrogen) atoms. The van der Waals surface area contributed by atoms with Gasteiger partial charge in [-0.2, -0.15) is 0 Å². The van der Waals surface area contributed by atoms with Crippen LogP contribution in [0.1, 0.15) is 39.5 Å². The summed E-state index contributed by atoms with van der Waals surface area (Å²) in [4.78, 5) is 13.8. The second kappa shape index (κ2) is 6.94. The normalized spacial score (nSPS) is 17.2. The summed E-state index contributed by atoms with van der Waals surface area (Å²) in [6.07, 6.45) is 3.73. The number of carboxylic acids is 1. The molecule has 1 aromatic rings. The Balaban J connectivity index is 1.87. The molecule has 0 aromatic heterocycles. The van der Waals surface area contributed by atoms with Crippen LogP contribution in [0.2, 0.25) is 0 Å². The van der Waals surface area contributed by atoms with Crippen LogP contribution in [-0.4, -0.2) is 35.7 Å². The van der Waals surface area contributed by atoms with E-state index < -0.39 is 11.5 Å². The Labute approximate surface area is 127 Å².